The zero-order chi connectivity index (χ0) is 35.2. The molecule has 2 saturated carbocycles. The van der Waals surface area contributed by atoms with Crippen LogP contribution in [0.4, 0.5) is 4.79 Å². The number of nitrogens with one attached hydrogen (secondary N) is 4. The number of sulfonamides is 1. The first-order valence-corrected chi connectivity index (χ1v) is 18.7. The molecule has 14 heteroatoms. The molecule has 0 spiro atoms. The first kappa shape index (κ1) is 38.4. The van der Waals surface area contributed by atoms with Crippen LogP contribution in [0.1, 0.15) is 91.9 Å². The highest BCUT2D eigenvalue weighted by molar-refractivity contribution is 7.88. The average molecular weight is 681 g/mol. The van der Waals surface area contributed by atoms with Crippen LogP contribution >= 0.6 is 0 Å². The summed E-state index contributed by atoms with van der Waals surface area (Å²) in [5.74, 6) is -2.10. The Morgan fingerprint density at radius 3 is 2.19 bits per heavy atom. The predicted octanol–water partition coefficient (Wildman–Crippen LogP) is 2.08. The molecule has 47 heavy (non-hydrogen) atoms. The minimum Gasteiger partial charge on any atom is -0.346 e. The van der Waals surface area contributed by atoms with Gasteiger partial charge in [0.1, 0.15) is 12.1 Å². The molecule has 2 aliphatic carbocycles. The molecule has 13 nitrogen and oxygen atoms in total. The van der Waals surface area contributed by atoms with Crippen molar-refractivity contribution in [1.29, 1.82) is 0 Å². The van der Waals surface area contributed by atoms with Crippen LogP contribution in [-0.4, -0.2) is 104 Å². The Bertz CT molecular complexity index is 1290. The number of Topliss-reactive ketones (excluding diaryl/α,β-unsaturated/α-hetero) is 1. The Morgan fingerprint density at radius 2 is 1.64 bits per heavy atom. The molecule has 3 rings (SSSR count). The lowest BCUT2D eigenvalue weighted by Crippen LogP contribution is -2.63. The van der Waals surface area contributed by atoms with Crippen LogP contribution in [0.15, 0.2) is 12.7 Å². The van der Waals surface area contributed by atoms with Crippen molar-refractivity contribution in [3.63, 3.8) is 0 Å². The highest BCUT2D eigenvalue weighted by Gasteiger charge is 2.47. The van der Waals surface area contributed by atoms with Crippen molar-refractivity contribution in [2.45, 2.75) is 116 Å². The van der Waals surface area contributed by atoms with Gasteiger partial charge in [-0.2, -0.15) is 0 Å². The lowest BCUT2D eigenvalue weighted by atomic mass is 9.70. The standard InChI is InChI=1S/C33H56N6O7S/c1-8-18-34-29(42)26(40)23(20-22-14-15-22)35-28(41)24-13-12-19-39(24)30(43)27(33(5)16-10-9-11-17-33)37-31(44)36-25(32(2,3)4)21-38(6)47(7,45)46/h8,22-25,27H,1,9-21H2,2-7H3,(H,34,42)(H,35,41)(H2,36,37,44)/t23?,24-,25+,27+/m0/s1. The minimum absolute atomic E-state index is 0.0480. The van der Waals surface area contributed by atoms with Gasteiger partial charge in [0, 0.05) is 32.7 Å². The molecule has 266 valence electrons. The first-order valence-electron chi connectivity index (χ1n) is 16.9. The van der Waals surface area contributed by atoms with Crippen LogP contribution in [0.2, 0.25) is 0 Å². The average Bonchev–Trinajstić information content (AvgIpc) is 3.67. The van der Waals surface area contributed by atoms with Crippen LogP contribution in [0.25, 0.3) is 0 Å². The SMILES string of the molecule is C=CCNC(=O)C(=O)C(CC1CC1)NC(=O)[C@@H]1CCCN1C(=O)[C@@H](NC(=O)N[C@H](CN(C)S(C)(=O)=O)C(C)(C)C)C1(C)CCCCC1. The van der Waals surface area contributed by atoms with Gasteiger partial charge in [0.2, 0.25) is 27.6 Å². The summed E-state index contributed by atoms with van der Waals surface area (Å²) in [6.07, 6.45) is 10.0. The molecule has 1 saturated heterocycles. The molecule has 0 aromatic rings. The molecule has 0 bridgehead atoms. The van der Waals surface area contributed by atoms with E-state index in [0.717, 1.165) is 38.4 Å². The highest BCUT2D eigenvalue weighted by Crippen LogP contribution is 2.40. The van der Waals surface area contributed by atoms with E-state index in [0.29, 0.717) is 38.6 Å². The van der Waals surface area contributed by atoms with E-state index in [2.05, 4.69) is 27.8 Å². The molecule has 1 heterocycles. The largest absolute Gasteiger partial charge is 0.346 e. The molecule has 0 aromatic carbocycles. The monoisotopic (exact) mass is 680 g/mol. The predicted molar refractivity (Wildman–Crippen MR) is 180 cm³/mol. The first-order chi connectivity index (χ1) is 21.9. The number of hydrogen-bond donors (Lipinski definition) is 4. The minimum atomic E-state index is -3.49. The molecular weight excluding hydrogens is 624 g/mol. The summed E-state index contributed by atoms with van der Waals surface area (Å²) in [6, 6.07) is -3.92. The molecule has 0 radical (unpaired) electrons. The van der Waals surface area contributed by atoms with Crippen molar-refractivity contribution in [2.24, 2.45) is 16.7 Å². The summed E-state index contributed by atoms with van der Waals surface area (Å²) in [6.45, 7) is 11.7. The summed E-state index contributed by atoms with van der Waals surface area (Å²) in [7, 11) is -2.04. The molecule has 3 aliphatic rings. The summed E-state index contributed by atoms with van der Waals surface area (Å²) >= 11 is 0. The number of carbonyl (C=O) groups is 5. The van der Waals surface area contributed by atoms with E-state index >= 15 is 0 Å². The Morgan fingerprint density at radius 1 is 1.00 bits per heavy atom. The fourth-order valence-electron chi connectivity index (χ4n) is 6.51. The topological polar surface area (TPSA) is 174 Å². The summed E-state index contributed by atoms with van der Waals surface area (Å²) in [4.78, 5) is 68.7. The van der Waals surface area contributed by atoms with Gasteiger partial charge >= 0.3 is 6.03 Å². The van der Waals surface area contributed by atoms with Gasteiger partial charge in [0.25, 0.3) is 5.91 Å². The van der Waals surface area contributed by atoms with Crippen molar-refractivity contribution < 1.29 is 32.4 Å². The van der Waals surface area contributed by atoms with E-state index in [4.69, 9.17) is 0 Å². The number of ketones is 1. The van der Waals surface area contributed by atoms with E-state index in [1.165, 1.54) is 22.3 Å². The van der Waals surface area contributed by atoms with E-state index in [1.807, 2.05) is 27.7 Å². The van der Waals surface area contributed by atoms with Gasteiger partial charge in [-0.1, -0.05) is 65.9 Å². The molecule has 0 aromatic heterocycles. The molecular formula is C33H56N6O7S. The van der Waals surface area contributed by atoms with Gasteiger partial charge < -0.3 is 26.2 Å². The molecule has 3 fully saturated rings. The lowest BCUT2D eigenvalue weighted by Gasteiger charge is -2.43. The second kappa shape index (κ2) is 15.9. The third kappa shape index (κ3) is 10.8. The smallest absolute Gasteiger partial charge is 0.315 e. The highest BCUT2D eigenvalue weighted by atomic mass is 32.2. The fraction of sp³-hybridized carbons (Fsp3) is 0.788. The zero-order valence-corrected chi connectivity index (χ0v) is 29.8. The number of likely N-dealkylation sites (N-methyl/N-ethyl adjacent to an activating group) is 1. The maximum atomic E-state index is 14.4. The number of carbonyl (C=O) groups excluding carboxylic acids is 5. The second-order valence-corrected chi connectivity index (χ2v) is 17.1. The van der Waals surface area contributed by atoms with Gasteiger partial charge in [0.05, 0.1) is 12.3 Å². The van der Waals surface area contributed by atoms with Crippen molar-refractivity contribution in [3.05, 3.63) is 12.7 Å². The van der Waals surface area contributed by atoms with Crippen LogP contribution in [0, 0.1) is 16.7 Å². The third-order valence-electron chi connectivity index (χ3n) is 9.94. The Hall–Kier alpha value is -3.00. The molecule has 1 unspecified atom stereocenters. The second-order valence-electron chi connectivity index (χ2n) is 15.0. The van der Waals surface area contributed by atoms with Gasteiger partial charge in [0.15, 0.2) is 0 Å². The maximum absolute atomic E-state index is 14.4. The van der Waals surface area contributed by atoms with Crippen LogP contribution in [0.5, 0.6) is 0 Å². The van der Waals surface area contributed by atoms with Crippen molar-refractivity contribution >= 4 is 39.6 Å². The van der Waals surface area contributed by atoms with Crippen molar-refractivity contribution in [2.75, 3.05) is 32.9 Å². The van der Waals surface area contributed by atoms with Gasteiger partial charge in [-0.15, -0.1) is 6.58 Å². The fourth-order valence-corrected chi connectivity index (χ4v) is 6.93. The van der Waals surface area contributed by atoms with Crippen molar-refractivity contribution in [3.8, 4) is 0 Å². The summed E-state index contributed by atoms with van der Waals surface area (Å²) < 4.78 is 25.5. The number of nitrogens with zero attached hydrogens (tertiary/aromatic N) is 2. The summed E-state index contributed by atoms with van der Waals surface area (Å²) in [5, 5.41) is 11.2. The van der Waals surface area contributed by atoms with E-state index in [9.17, 15) is 32.4 Å². The van der Waals surface area contributed by atoms with Crippen LogP contribution in [-0.2, 0) is 29.2 Å². The Labute approximate surface area is 280 Å². The van der Waals surface area contributed by atoms with E-state index in [1.54, 1.807) is 0 Å². The number of amides is 5. The molecule has 5 amide bonds. The third-order valence-corrected chi connectivity index (χ3v) is 11.2. The van der Waals surface area contributed by atoms with Gasteiger partial charge in [-0.05, 0) is 48.9 Å². The number of urea groups is 1. The van der Waals surface area contributed by atoms with Gasteiger partial charge in [-0.3, -0.25) is 19.2 Å². The van der Waals surface area contributed by atoms with Crippen LogP contribution < -0.4 is 21.3 Å². The quantitative estimate of drug-likeness (QED) is 0.151. The normalized spacial score (nSPS) is 21.7. The molecule has 1 aliphatic heterocycles. The lowest BCUT2D eigenvalue weighted by molar-refractivity contribution is -0.144. The Kier molecular flexibility index (Phi) is 13.0. The van der Waals surface area contributed by atoms with Crippen molar-refractivity contribution in [1.82, 2.24) is 30.5 Å². The number of rotatable bonds is 15. The molecule has 4 atom stereocenters. The Balaban J connectivity index is 1.81. The molecule has 4 N–H and O–H groups in total. The zero-order valence-electron chi connectivity index (χ0n) is 29.0. The number of likely N-dealkylation sites (tertiary alicyclic amines) is 1. The maximum Gasteiger partial charge on any atom is 0.315 e. The van der Waals surface area contributed by atoms with Gasteiger partial charge in [-0.25, -0.2) is 17.5 Å². The number of hydrogen-bond acceptors (Lipinski definition) is 7. The van der Waals surface area contributed by atoms with Crippen LogP contribution in [0.3, 0.4) is 0 Å². The van der Waals surface area contributed by atoms with E-state index in [-0.39, 0.29) is 24.9 Å². The van der Waals surface area contributed by atoms with E-state index < -0.39 is 68.6 Å². The summed E-state index contributed by atoms with van der Waals surface area (Å²) in [5.41, 5.74) is -1.06.